The largest absolute Gasteiger partial charge is 0.497 e. The summed E-state index contributed by atoms with van der Waals surface area (Å²) in [6, 6.07) is 7.05. The normalized spacial score (nSPS) is 13.4. The molecule has 29 heavy (non-hydrogen) atoms. The van der Waals surface area contributed by atoms with Gasteiger partial charge in [-0.2, -0.15) is 15.3 Å². The summed E-state index contributed by atoms with van der Waals surface area (Å²) in [6.07, 6.45) is 2.19. The van der Waals surface area contributed by atoms with Gasteiger partial charge in [0.15, 0.2) is 5.65 Å². The lowest BCUT2D eigenvalue weighted by atomic mass is 10.2. The Morgan fingerprint density at radius 3 is 2.66 bits per heavy atom. The minimum absolute atomic E-state index is 0.287. The molecule has 1 N–H and O–H groups in total. The van der Waals surface area contributed by atoms with Gasteiger partial charge in [-0.25, -0.2) is 9.67 Å². The second-order valence-corrected chi connectivity index (χ2v) is 7.17. The number of carbonyl (C=O) groups excluding carboxylic acids is 1. The number of rotatable bonds is 5. The molecule has 1 amide bonds. The number of amides is 1. The van der Waals surface area contributed by atoms with Crippen LogP contribution >= 0.6 is 11.6 Å². The number of hydrogen-bond acceptors (Lipinski definition) is 6. The van der Waals surface area contributed by atoms with Crippen molar-refractivity contribution in [2.45, 2.75) is 26.8 Å². The fraction of sp³-hybridized carbons (Fsp3) is 0.250. The van der Waals surface area contributed by atoms with Crippen molar-refractivity contribution in [1.82, 2.24) is 14.8 Å². The van der Waals surface area contributed by atoms with E-state index in [1.807, 2.05) is 13.8 Å². The smallest absolute Gasteiger partial charge is 0.258 e. The highest BCUT2D eigenvalue weighted by Crippen LogP contribution is 2.29. The van der Waals surface area contributed by atoms with Crippen molar-refractivity contribution < 1.29 is 9.53 Å². The van der Waals surface area contributed by atoms with Crippen LogP contribution in [0.3, 0.4) is 0 Å². The summed E-state index contributed by atoms with van der Waals surface area (Å²) in [5.74, 6) is 0.366. The highest BCUT2D eigenvalue weighted by atomic mass is 35.5. The Morgan fingerprint density at radius 2 is 2.00 bits per heavy atom. The van der Waals surface area contributed by atoms with Crippen molar-refractivity contribution in [3.05, 3.63) is 46.7 Å². The maximum atomic E-state index is 12.7. The quantitative estimate of drug-likeness (QED) is 0.690. The molecule has 0 unspecified atom stereocenters. The van der Waals surface area contributed by atoms with E-state index in [0.29, 0.717) is 39.7 Å². The molecule has 0 atom stereocenters. The number of methoxy groups -OCH3 is 1. The zero-order valence-corrected chi connectivity index (χ0v) is 17.0. The predicted molar refractivity (Wildman–Crippen MR) is 113 cm³/mol. The first-order chi connectivity index (χ1) is 14.0. The van der Waals surface area contributed by atoms with Crippen LogP contribution in [0.1, 0.15) is 29.4 Å². The molecular formula is C20H19ClN6O2. The summed E-state index contributed by atoms with van der Waals surface area (Å²) in [5, 5.41) is 16.6. The van der Waals surface area contributed by atoms with E-state index < -0.39 is 0 Å². The van der Waals surface area contributed by atoms with Gasteiger partial charge in [-0.15, -0.1) is 0 Å². The van der Waals surface area contributed by atoms with Gasteiger partial charge in [-0.1, -0.05) is 11.6 Å². The van der Waals surface area contributed by atoms with Gasteiger partial charge >= 0.3 is 0 Å². The number of pyridine rings is 1. The van der Waals surface area contributed by atoms with Crippen molar-refractivity contribution in [3.63, 3.8) is 0 Å². The van der Waals surface area contributed by atoms with Gasteiger partial charge in [0, 0.05) is 24.0 Å². The summed E-state index contributed by atoms with van der Waals surface area (Å²) in [7, 11) is 1.59. The van der Waals surface area contributed by atoms with E-state index in [4.69, 9.17) is 16.3 Å². The molecular weight excluding hydrogens is 392 g/mol. The summed E-state index contributed by atoms with van der Waals surface area (Å²) < 4.78 is 6.87. The molecule has 0 fully saturated rings. The number of halogens is 1. The van der Waals surface area contributed by atoms with Gasteiger partial charge in [-0.3, -0.25) is 4.79 Å². The number of ether oxygens (including phenoxy) is 1. The molecule has 8 nitrogen and oxygen atoms in total. The molecule has 2 aromatic heterocycles. The summed E-state index contributed by atoms with van der Waals surface area (Å²) in [4.78, 5) is 17.2. The van der Waals surface area contributed by atoms with Crippen LogP contribution in [0, 0.1) is 6.92 Å². The first-order valence-electron chi connectivity index (χ1n) is 9.02. The van der Waals surface area contributed by atoms with E-state index in [1.165, 1.54) is 6.20 Å². The van der Waals surface area contributed by atoms with Gasteiger partial charge in [0.25, 0.3) is 5.91 Å². The van der Waals surface area contributed by atoms with Crippen LogP contribution < -0.4 is 10.1 Å². The standard InChI is InChI=1S/C20H19ClN6O2/c1-11-8-14(25-24-11)10-27-19-17(12(2)26-27)18(21)16(9-22-19)20(28)23-13-4-6-15(29-3)7-5-13/h4-7,9H,8,10H2,1-3H3,(H,23,28). The number of nitrogens with zero attached hydrogens (tertiary/aromatic N) is 5. The Hall–Kier alpha value is -3.26. The lowest BCUT2D eigenvalue weighted by Crippen LogP contribution is -2.14. The number of nitrogens with one attached hydrogen (secondary N) is 1. The average Bonchev–Trinajstić information content (AvgIpc) is 3.26. The molecule has 0 radical (unpaired) electrons. The van der Waals surface area contributed by atoms with Crippen LogP contribution in [0.15, 0.2) is 40.7 Å². The lowest BCUT2D eigenvalue weighted by Gasteiger charge is -2.08. The molecule has 0 bridgehead atoms. The molecule has 1 aliphatic heterocycles. The Morgan fingerprint density at radius 1 is 1.24 bits per heavy atom. The first-order valence-corrected chi connectivity index (χ1v) is 9.40. The minimum atomic E-state index is -0.342. The topological polar surface area (TPSA) is 93.8 Å². The van der Waals surface area contributed by atoms with Crippen molar-refractivity contribution in [1.29, 1.82) is 0 Å². The van der Waals surface area contributed by atoms with E-state index in [-0.39, 0.29) is 11.5 Å². The molecule has 0 spiro atoms. The molecule has 0 saturated heterocycles. The molecule has 4 rings (SSSR count). The van der Waals surface area contributed by atoms with Crippen molar-refractivity contribution in [3.8, 4) is 5.75 Å². The molecule has 0 saturated carbocycles. The minimum Gasteiger partial charge on any atom is -0.497 e. The van der Waals surface area contributed by atoms with Crippen molar-refractivity contribution >= 4 is 45.7 Å². The van der Waals surface area contributed by atoms with Crippen molar-refractivity contribution in [2.24, 2.45) is 10.2 Å². The molecule has 0 aliphatic carbocycles. The van der Waals surface area contributed by atoms with Gasteiger partial charge in [0.1, 0.15) is 5.75 Å². The second kappa shape index (κ2) is 7.63. The van der Waals surface area contributed by atoms with Crippen LogP contribution in [0.2, 0.25) is 5.02 Å². The summed E-state index contributed by atoms with van der Waals surface area (Å²) >= 11 is 6.58. The monoisotopic (exact) mass is 410 g/mol. The van der Waals surface area contributed by atoms with E-state index in [2.05, 4.69) is 25.6 Å². The fourth-order valence-electron chi connectivity index (χ4n) is 3.20. The molecule has 9 heteroatoms. The summed E-state index contributed by atoms with van der Waals surface area (Å²) in [5.41, 5.74) is 4.11. The number of aryl methyl sites for hydroxylation is 1. The second-order valence-electron chi connectivity index (χ2n) is 6.79. The maximum absolute atomic E-state index is 12.7. The molecule has 1 aliphatic rings. The van der Waals surface area contributed by atoms with Crippen LogP contribution in [-0.2, 0) is 6.54 Å². The van der Waals surface area contributed by atoms with Gasteiger partial charge in [0.2, 0.25) is 0 Å². The third kappa shape index (κ3) is 3.71. The Labute approximate surface area is 172 Å². The first kappa shape index (κ1) is 19.1. The molecule has 3 aromatic rings. The number of carbonyl (C=O) groups is 1. The highest BCUT2D eigenvalue weighted by molar-refractivity contribution is 6.39. The molecule has 3 heterocycles. The Balaban J connectivity index is 1.61. The van der Waals surface area contributed by atoms with Crippen LogP contribution in [0.25, 0.3) is 11.0 Å². The zero-order chi connectivity index (χ0) is 20.5. The number of fused-ring (bicyclic) bond motifs is 1. The molecule has 148 valence electrons. The van der Waals surface area contributed by atoms with Crippen molar-refractivity contribution in [2.75, 3.05) is 12.4 Å². The zero-order valence-electron chi connectivity index (χ0n) is 16.2. The summed E-state index contributed by atoms with van der Waals surface area (Å²) in [6.45, 7) is 4.26. The van der Waals surface area contributed by atoms with Crippen LogP contribution in [-0.4, -0.2) is 39.2 Å². The third-order valence-electron chi connectivity index (χ3n) is 4.62. The predicted octanol–water partition coefficient (Wildman–Crippen LogP) is 3.87. The number of anilines is 1. The van der Waals surface area contributed by atoms with E-state index in [1.54, 1.807) is 36.1 Å². The van der Waals surface area contributed by atoms with Crippen LogP contribution in [0.5, 0.6) is 5.75 Å². The lowest BCUT2D eigenvalue weighted by molar-refractivity contribution is 0.102. The number of hydrogen-bond donors (Lipinski definition) is 1. The van der Waals surface area contributed by atoms with E-state index in [9.17, 15) is 4.79 Å². The van der Waals surface area contributed by atoms with Gasteiger partial charge in [-0.05, 0) is 38.1 Å². The molecule has 1 aromatic carbocycles. The van der Waals surface area contributed by atoms with E-state index in [0.717, 1.165) is 17.8 Å². The van der Waals surface area contributed by atoms with Crippen LogP contribution in [0.4, 0.5) is 5.69 Å². The SMILES string of the molecule is COc1ccc(NC(=O)c2cnc3c(c(C)nn3CC3=NN=C(C)C3)c2Cl)cc1. The third-order valence-corrected chi connectivity index (χ3v) is 5.01. The number of aromatic nitrogens is 3. The Kier molecular flexibility index (Phi) is 5.02. The van der Waals surface area contributed by atoms with E-state index >= 15 is 0 Å². The highest BCUT2D eigenvalue weighted by Gasteiger charge is 2.21. The maximum Gasteiger partial charge on any atom is 0.258 e. The number of benzene rings is 1. The Bertz CT molecular complexity index is 1160. The fourth-order valence-corrected chi connectivity index (χ4v) is 3.55. The van der Waals surface area contributed by atoms with Gasteiger partial charge < -0.3 is 10.1 Å². The average molecular weight is 411 g/mol. The van der Waals surface area contributed by atoms with Gasteiger partial charge in [0.05, 0.1) is 41.0 Å².